The molecule has 1 radical (unpaired) electrons. The molecule has 0 aromatic carbocycles. The molecular formula is C6H9. The molecule has 0 amide bonds. The molecule has 1 rings (SSSR count). The van der Waals surface area contributed by atoms with Crippen molar-refractivity contribution in [3.63, 3.8) is 0 Å². The predicted molar refractivity (Wildman–Crippen MR) is 27.2 cm³/mol. The van der Waals surface area contributed by atoms with E-state index in [4.69, 9.17) is 0 Å². The molecule has 0 aromatic rings. The number of rotatable bonds is 1. The number of hydrogen-bond donors (Lipinski definition) is 0. The van der Waals surface area contributed by atoms with Crippen LogP contribution in [0, 0.1) is 12.3 Å². The van der Waals surface area contributed by atoms with Crippen LogP contribution in [-0.2, 0) is 0 Å². The maximum atomic E-state index is 3.76. The van der Waals surface area contributed by atoms with Gasteiger partial charge in [-0.1, -0.05) is 26.0 Å². The molecule has 0 aliphatic heterocycles. The predicted octanol–water partition coefficient (Wildman–Crippen LogP) is 1.79. The van der Waals surface area contributed by atoms with Gasteiger partial charge in [0.25, 0.3) is 0 Å². The van der Waals surface area contributed by atoms with Crippen LogP contribution < -0.4 is 0 Å². The van der Waals surface area contributed by atoms with Gasteiger partial charge in [-0.3, -0.25) is 0 Å². The van der Waals surface area contributed by atoms with E-state index in [2.05, 4.69) is 26.0 Å². The average molecular weight is 81.1 g/mol. The maximum absolute atomic E-state index is 3.76. The largest absolute Gasteiger partial charge is 0.0780 e. The molecular weight excluding hydrogens is 72.1 g/mol. The summed E-state index contributed by atoms with van der Waals surface area (Å²) in [5, 5.41) is 0. The van der Waals surface area contributed by atoms with E-state index < -0.39 is 0 Å². The first-order valence-electron chi connectivity index (χ1n) is 2.26. The second kappa shape index (κ2) is 0.868. The molecule has 0 bridgehead atoms. The fraction of sp³-hybridized carbons (Fsp3) is 0.500. The molecule has 33 valence electrons. The molecule has 0 fully saturated rings. The molecule has 0 atom stereocenters. The highest BCUT2D eigenvalue weighted by Gasteiger charge is 2.23. The van der Waals surface area contributed by atoms with Gasteiger partial charge >= 0.3 is 0 Å². The van der Waals surface area contributed by atoms with Crippen molar-refractivity contribution in [3.05, 3.63) is 19.1 Å². The monoisotopic (exact) mass is 81.1 g/mol. The van der Waals surface area contributed by atoms with E-state index in [1.807, 2.05) is 0 Å². The zero-order chi connectivity index (χ0) is 4.62. The molecule has 6 heavy (non-hydrogen) atoms. The number of hydrogen-bond acceptors (Lipinski definition) is 0. The Morgan fingerprint density at radius 3 is 2.17 bits per heavy atom. The molecule has 0 unspecified atom stereocenters. The van der Waals surface area contributed by atoms with E-state index in [-0.39, 0.29) is 0 Å². The summed E-state index contributed by atoms with van der Waals surface area (Å²) >= 11 is 0. The second-order valence-electron chi connectivity index (χ2n) is 2.09. The summed E-state index contributed by atoms with van der Waals surface area (Å²) in [6.07, 6.45) is 5.38. The van der Waals surface area contributed by atoms with Gasteiger partial charge in [-0.05, 0) is 6.42 Å². The molecule has 1 aliphatic carbocycles. The van der Waals surface area contributed by atoms with E-state index in [9.17, 15) is 0 Å². The third kappa shape index (κ3) is 0.469. The van der Waals surface area contributed by atoms with Gasteiger partial charge in [-0.2, -0.15) is 0 Å². The Morgan fingerprint density at radius 1 is 1.67 bits per heavy atom. The summed E-state index contributed by atoms with van der Waals surface area (Å²) < 4.78 is 0. The lowest BCUT2D eigenvalue weighted by molar-refractivity contribution is 0.652. The van der Waals surface area contributed by atoms with Gasteiger partial charge < -0.3 is 0 Å². The van der Waals surface area contributed by atoms with Crippen molar-refractivity contribution in [1.82, 2.24) is 0 Å². The quantitative estimate of drug-likeness (QED) is 0.422. The minimum atomic E-state index is 0.431. The average Bonchev–Trinajstić information content (AvgIpc) is 2.22. The zero-order valence-electron chi connectivity index (χ0n) is 4.07. The molecule has 0 saturated heterocycles. The Balaban J connectivity index is 2.32. The Kier molecular flexibility index (Phi) is 0.566. The smallest absolute Gasteiger partial charge is 0.00333 e. The summed E-state index contributed by atoms with van der Waals surface area (Å²) in [6, 6.07) is 0. The van der Waals surface area contributed by atoms with Crippen molar-refractivity contribution in [2.75, 3.05) is 0 Å². The fourth-order valence-corrected chi connectivity index (χ4v) is 0.309. The third-order valence-electron chi connectivity index (χ3n) is 1.27. The highest BCUT2D eigenvalue weighted by molar-refractivity contribution is 5.23. The molecule has 0 heterocycles. The van der Waals surface area contributed by atoms with Crippen molar-refractivity contribution in [2.24, 2.45) is 5.41 Å². The Hall–Kier alpha value is -0.260. The van der Waals surface area contributed by atoms with Gasteiger partial charge in [-0.15, -0.1) is 0 Å². The Labute approximate surface area is 38.9 Å². The Morgan fingerprint density at radius 2 is 2.17 bits per heavy atom. The standard InChI is InChI=1S/C6H9/c1-3-6(2)4-5-6/h4-5H,1,3H2,2H3. The van der Waals surface area contributed by atoms with Crippen LogP contribution in [0.15, 0.2) is 12.2 Å². The highest BCUT2D eigenvalue weighted by Crippen LogP contribution is 2.36. The van der Waals surface area contributed by atoms with Gasteiger partial charge in [0, 0.05) is 5.41 Å². The van der Waals surface area contributed by atoms with Crippen molar-refractivity contribution >= 4 is 0 Å². The zero-order valence-corrected chi connectivity index (χ0v) is 4.07. The van der Waals surface area contributed by atoms with Crippen LogP contribution in [0.4, 0.5) is 0 Å². The summed E-state index contributed by atoms with van der Waals surface area (Å²) in [5.74, 6) is 0. The Bertz CT molecular complexity index is 74.0. The molecule has 0 aromatic heterocycles. The molecule has 0 spiro atoms. The van der Waals surface area contributed by atoms with E-state index in [0.717, 1.165) is 6.42 Å². The molecule has 0 saturated carbocycles. The van der Waals surface area contributed by atoms with Crippen LogP contribution in [-0.4, -0.2) is 0 Å². The summed E-state index contributed by atoms with van der Waals surface area (Å²) in [7, 11) is 0. The topological polar surface area (TPSA) is 0 Å². The van der Waals surface area contributed by atoms with Crippen molar-refractivity contribution < 1.29 is 0 Å². The van der Waals surface area contributed by atoms with E-state index in [1.165, 1.54) is 0 Å². The van der Waals surface area contributed by atoms with Gasteiger partial charge in [0.1, 0.15) is 0 Å². The van der Waals surface area contributed by atoms with Gasteiger partial charge in [0.2, 0.25) is 0 Å². The minimum Gasteiger partial charge on any atom is -0.0780 e. The maximum Gasteiger partial charge on any atom is 0.00333 e. The minimum absolute atomic E-state index is 0.431. The first kappa shape index (κ1) is 3.91. The lowest BCUT2D eigenvalue weighted by atomic mass is 10.1. The molecule has 0 heteroatoms. The van der Waals surface area contributed by atoms with Gasteiger partial charge in [0.05, 0.1) is 0 Å². The van der Waals surface area contributed by atoms with Crippen LogP contribution in [0.3, 0.4) is 0 Å². The third-order valence-corrected chi connectivity index (χ3v) is 1.27. The van der Waals surface area contributed by atoms with Crippen LogP contribution in [0.25, 0.3) is 0 Å². The van der Waals surface area contributed by atoms with Gasteiger partial charge in [0.15, 0.2) is 0 Å². The summed E-state index contributed by atoms with van der Waals surface area (Å²) in [4.78, 5) is 0. The van der Waals surface area contributed by atoms with Crippen LogP contribution >= 0.6 is 0 Å². The lowest BCUT2D eigenvalue weighted by Crippen LogP contribution is -1.88. The van der Waals surface area contributed by atoms with E-state index in [1.54, 1.807) is 0 Å². The summed E-state index contributed by atoms with van der Waals surface area (Å²) in [5.41, 5.74) is 0.431. The van der Waals surface area contributed by atoms with Crippen molar-refractivity contribution in [2.45, 2.75) is 13.3 Å². The van der Waals surface area contributed by atoms with E-state index >= 15 is 0 Å². The second-order valence-corrected chi connectivity index (χ2v) is 2.09. The normalized spacial score (nSPS) is 24.3. The number of allylic oxidation sites excluding steroid dienone is 2. The van der Waals surface area contributed by atoms with Crippen molar-refractivity contribution in [1.29, 1.82) is 0 Å². The first-order valence-corrected chi connectivity index (χ1v) is 2.26. The molecule has 1 aliphatic rings. The molecule has 0 N–H and O–H groups in total. The first-order chi connectivity index (χ1) is 2.77. The van der Waals surface area contributed by atoms with Crippen LogP contribution in [0.2, 0.25) is 0 Å². The van der Waals surface area contributed by atoms with Crippen LogP contribution in [0.1, 0.15) is 13.3 Å². The van der Waals surface area contributed by atoms with Gasteiger partial charge in [-0.25, -0.2) is 0 Å². The SMILES string of the molecule is [CH2]CC1(C)C=C1. The highest BCUT2D eigenvalue weighted by atomic mass is 14.3. The lowest BCUT2D eigenvalue weighted by Gasteiger charge is -1.98. The van der Waals surface area contributed by atoms with Crippen molar-refractivity contribution in [3.8, 4) is 0 Å². The summed E-state index contributed by atoms with van der Waals surface area (Å²) in [6.45, 7) is 5.94. The van der Waals surface area contributed by atoms with E-state index in [0.29, 0.717) is 5.41 Å². The molecule has 0 nitrogen and oxygen atoms in total. The fourth-order valence-electron chi connectivity index (χ4n) is 0.309. The van der Waals surface area contributed by atoms with Crippen LogP contribution in [0.5, 0.6) is 0 Å².